The fraction of sp³-hybridized carbons (Fsp3) is 0.375. The summed E-state index contributed by atoms with van der Waals surface area (Å²) in [6, 6.07) is 13.1. The van der Waals surface area contributed by atoms with Crippen molar-refractivity contribution < 1.29 is 9.53 Å². The average molecular weight is 422 g/mol. The first-order valence-corrected chi connectivity index (χ1v) is 10.6. The van der Waals surface area contributed by atoms with Crippen molar-refractivity contribution in [1.29, 1.82) is 0 Å². The topological polar surface area (TPSA) is 64.1 Å². The van der Waals surface area contributed by atoms with E-state index < -0.39 is 5.41 Å². The summed E-state index contributed by atoms with van der Waals surface area (Å²) in [5.74, 6) is 0.491. The molecule has 2 aromatic carbocycles. The molecule has 30 heavy (non-hydrogen) atoms. The molecule has 2 bridgehead atoms. The number of carbonyl (C=O) groups excluding carboxylic acids is 1. The first-order chi connectivity index (χ1) is 14.2. The van der Waals surface area contributed by atoms with Gasteiger partial charge < -0.3 is 10.1 Å². The van der Waals surface area contributed by atoms with Crippen LogP contribution in [0.15, 0.2) is 42.5 Å². The summed E-state index contributed by atoms with van der Waals surface area (Å²) < 4.78 is 5.44. The number of aromatic nitrogens is 2. The number of nitrogens with one attached hydrogen (secondary N) is 1. The van der Waals surface area contributed by atoms with E-state index in [-0.39, 0.29) is 16.7 Å². The van der Waals surface area contributed by atoms with Gasteiger partial charge in [-0.15, -0.1) is 0 Å². The van der Waals surface area contributed by atoms with Crippen LogP contribution in [0.4, 0.5) is 5.69 Å². The molecule has 0 radical (unpaired) electrons. The van der Waals surface area contributed by atoms with Crippen molar-refractivity contribution in [1.82, 2.24) is 9.97 Å². The number of carbonyl (C=O) groups is 1. The zero-order valence-electron chi connectivity index (χ0n) is 17.5. The van der Waals surface area contributed by atoms with Crippen molar-refractivity contribution in [2.45, 2.75) is 44.4 Å². The number of benzene rings is 2. The summed E-state index contributed by atoms with van der Waals surface area (Å²) in [5.41, 5.74) is 2.65. The molecule has 0 saturated heterocycles. The zero-order valence-corrected chi connectivity index (χ0v) is 18.3. The van der Waals surface area contributed by atoms with Crippen LogP contribution in [0.2, 0.25) is 5.02 Å². The van der Waals surface area contributed by atoms with Crippen molar-refractivity contribution in [3.63, 3.8) is 0 Å². The number of hydrogen-bond acceptors (Lipinski definition) is 4. The van der Waals surface area contributed by atoms with E-state index in [0.717, 1.165) is 35.3 Å². The predicted molar refractivity (Wildman–Crippen MR) is 118 cm³/mol. The van der Waals surface area contributed by atoms with E-state index in [4.69, 9.17) is 26.3 Å². The highest BCUT2D eigenvalue weighted by Gasteiger charge is 2.73. The molecule has 5 nitrogen and oxygen atoms in total. The fourth-order valence-corrected chi connectivity index (χ4v) is 5.73. The van der Waals surface area contributed by atoms with Crippen molar-refractivity contribution in [3.8, 4) is 5.75 Å². The molecule has 2 aliphatic carbocycles. The minimum absolute atomic E-state index is 0.0832. The van der Waals surface area contributed by atoms with E-state index in [1.165, 1.54) is 0 Å². The molecule has 1 amide bonds. The standard InChI is InChI=1S/C24H24ClN3O2/c1-22(2)23(3)11-12-24(22,20-19(23)26-15-7-5-6-8-16(15)27-20)21(29)28-17-13-14(25)9-10-18(17)30-4/h5-10,13H,11-12H2,1-4H3,(H,28,29)/t23-,24+/m1/s1. The predicted octanol–water partition coefficient (Wildman–Crippen LogP) is 5.26. The van der Waals surface area contributed by atoms with Crippen LogP contribution in [-0.2, 0) is 15.6 Å². The van der Waals surface area contributed by atoms with Gasteiger partial charge in [-0.05, 0) is 48.6 Å². The molecular weight excluding hydrogens is 398 g/mol. The number of para-hydroxylation sites is 2. The summed E-state index contributed by atoms with van der Waals surface area (Å²) in [4.78, 5) is 23.9. The van der Waals surface area contributed by atoms with E-state index >= 15 is 0 Å². The molecule has 1 saturated carbocycles. The van der Waals surface area contributed by atoms with Crippen molar-refractivity contribution in [3.05, 3.63) is 58.9 Å². The minimum Gasteiger partial charge on any atom is -0.495 e. The number of methoxy groups -OCH3 is 1. The average Bonchev–Trinajstić information content (AvgIpc) is 3.02. The Labute approximate surface area is 180 Å². The van der Waals surface area contributed by atoms with Crippen LogP contribution in [-0.4, -0.2) is 23.0 Å². The fourth-order valence-electron chi connectivity index (χ4n) is 5.56. The van der Waals surface area contributed by atoms with Gasteiger partial charge in [-0.25, -0.2) is 9.97 Å². The molecule has 0 aliphatic heterocycles. The highest BCUT2D eigenvalue weighted by atomic mass is 35.5. The molecule has 1 aromatic heterocycles. The monoisotopic (exact) mass is 421 g/mol. The van der Waals surface area contributed by atoms with Gasteiger partial charge in [0.15, 0.2) is 0 Å². The van der Waals surface area contributed by atoms with Crippen LogP contribution in [0.25, 0.3) is 11.0 Å². The number of halogens is 1. The van der Waals surface area contributed by atoms with Crippen molar-refractivity contribution in [2.75, 3.05) is 12.4 Å². The van der Waals surface area contributed by atoms with Gasteiger partial charge in [0, 0.05) is 10.4 Å². The van der Waals surface area contributed by atoms with E-state index in [2.05, 4.69) is 26.1 Å². The molecule has 5 rings (SSSR count). The van der Waals surface area contributed by atoms with Crippen molar-refractivity contribution >= 4 is 34.2 Å². The molecule has 2 aliphatic rings. The maximum atomic E-state index is 14.0. The highest BCUT2D eigenvalue weighted by molar-refractivity contribution is 6.31. The van der Waals surface area contributed by atoms with Crippen LogP contribution >= 0.6 is 11.6 Å². The second kappa shape index (κ2) is 6.17. The molecule has 0 unspecified atom stereocenters. The van der Waals surface area contributed by atoms with Crippen LogP contribution < -0.4 is 10.1 Å². The first-order valence-electron chi connectivity index (χ1n) is 10.2. The van der Waals surface area contributed by atoms with Crippen LogP contribution in [0.1, 0.15) is 45.0 Å². The second-order valence-electron chi connectivity index (χ2n) is 9.07. The maximum absolute atomic E-state index is 14.0. The second-order valence-corrected chi connectivity index (χ2v) is 9.51. The molecule has 6 heteroatoms. The normalized spacial score (nSPS) is 25.9. The quantitative estimate of drug-likeness (QED) is 0.626. The SMILES string of the molecule is COc1ccc(Cl)cc1NC(=O)[C@]12CC[C@](C)(c3nc4ccccc4nc31)C2(C)C. The molecule has 3 aromatic rings. The summed E-state index contributed by atoms with van der Waals surface area (Å²) in [6.45, 7) is 6.56. The molecule has 1 fully saturated rings. The lowest BCUT2D eigenvalue weighted by Crippen LogP contribution is -2.48. The van der Waals surface area contributed by atoms with E-state index in [1.807, 2.05) is 24.3 Å². The highest BCUT2D eigenvalue weighted by Crippen LogP contribution is 2.70. The third kappa shape index (κ3) is 2.21. The molecule has 1 N–H and O–H groups in total. The third-order valence-electron chi connectivity index (χ3n) is 7.74. The van der Waals surface area contributed by atoms with Gasteiger partial charge in [0.2, 0.25) is 5.91 Å². The van der Waals surface area contributed by atoms with Crippen LogP contribution in [0.3, 0.4) is 0 Å². The van der Waals surface area contributed by atoms with Gasteiger partial charge in [-0.1, -0.05) is 44.5 Å². The Morgan fingerprint density at radius 2 is 1.70 bits per heavy atom. The Balaban J connectivity index is 1.69. The summed E-state index contributed by atoms with van der Waals surface area (Å²) in [6.07, 6.45) is 1.62. The number of nitrogens with zero attached hydrogens (tertiary/aromatic N) is 2. The van der Waals surface area contributed by atoms with Gasteiger partial charge in [-0.3, -0.25) is 4.79 Å². The molecule has 2 atom stereocenters. The third-order valence-corrected chi connectivity index (χ3v) is 7.98. The number of rotatable bonds is 3. The zero-order chi connectivity index (χ0) is 21.3. The number of fused-ring (bicyclic) bond motifs is 6. The Hall–Kier alpha value is -2.66. The van der Waals surface area contributed by atoms with E-state index in [9.17, 15) is 4.79 Å². The van der Waals surface area contributed by atoms with E-state index in [1.54, 1.807) is 25.3 Å². The molecule has 0 spiro atoms. The minimum atomic E-state index is -0.776. The summed E-state index contributed by atoms with van der Waals surface area (Å²) in [7, 11) is 1.58. The Morgan fingerprint density at radius 1 is 1.03 bits per heavy atom. The van der Waals surface area contributed by atoms with Crippen molar-refractivity contribution in [2.24, 2.45) is 5.41 Å². The maximum Gasteiger partial charge on any atom is 0.237 e. The van der Waals surface area contributed by atoms with Gasteiger partial charge >= 0.3 is 0 Å². The van der Waals surface area contributed by atoms with Gasteiger partial charge in [-0.2, -0.15) is 0 Å². The summed E-state index contributed by atoms with van der Waals surface area (Å²) >= 11 is 6.19. The molecule has 1 heterocycles. The first kappa shape index (κ1) is 19.3. The number of amides is 1. The van der Waals surface area contributed by atoms with Gasteiger partial charge in [0.1, 0.15) is 5.75 Å². The van der Waals surface area contributed by atoms with Crippen LogP contribution in [0.5, 0.6) is 5.75 Å². The Morgan fingerprint density at radius 3 is 2.37 bits per heavy atom. The molecular formula is C24H24ClN3O2. The number of hydrogen-bond donors (Lipinski definition) is 1. The largest absolute Gasteiger partial charge is 0.495 e. The Bertz CT molecular complexity index is 1210. The van der Waals surface area contributed by atoms with Gasteiger partial charge in [0.25, 0.3) is 0 Å². The lowest BCUT2D eigenvalue weighted by molar-refractivity contribution is -0.125. The molecule has 154 valence electrons. The van der Waals surface area contributed by atoms with E-state index in [0.29, 0.717) is 16.5 Å². The smallest absolute Gasteiger partial charge is 0.237 e. The lowest BCUT2D eigenvalue weighted by Gasteiger charge is -2.39. The summed E-state index contributed by atoms with van der Waals surface area (Å²) in [5, 5.41) is 3.65. The van der Waals surface area contributed by atoms with Crippen LogP contribution in [0, 0.1) is 5.41 Å². The van der Waals surface area contributed by atoms with Gasteiger partial charge in [0.05, 0.1) is 40.6 Å². The number of anilines is 1. The number of ether oxygens (including phenoxy) is 1. The Kier molecular flexibility index (Phi) is 3.97. The lowest BCUT2D eigenvalue weighted by atomic mass is 9.63.